The normalized spacial score (nSPS) is 10.9. The van der Waals surface area contributed by atoms with E-state index in [0.29, 0.717) is 6.61 Å². The number of ether oxygens (including phenoxy) is 1. The molecule has 1 nitrogen and oxygen atoms in total. The van der Waals surface area contributed by atoms with Gasteiger partial charge in [0, 0.05) is 15.3 Å². The Morgan fingerprint density at radius 3 is 2.48 bits per heavy atom. The minimum absolute atomic E-state index is 0.231. The van der Waals surface area contributed by atoms with Gasteiger partial charge in [-0.2, -0.15) is 0 Å². The molecule has 3 heteroatoms. The fourth-order valence-electron chi connectivity index (χ4n) is 2.97. The Balaban J connectivity index is 1.81. The summed E-state index contributed by atoms with van der Waals surface area (Å²) in [6, 6.07) is 15.3. The number of thiophene rings is 1. The molecule has 0 saturated heterocycles. The van der Waals surface area contributed by atoms with E-state index < -0.39 is 0 Å². The fraction of sp³-hybridized carbons (Fsp3) is 0.273. The van der Waals surface area contributed by atoms with E-state index in [1.165, 1.54) is 22.1 Å². The fourth-order valence-corrected chi connectivity index (χ4v) is 3.90. The molecule has 0 fully saturated rings. The third-order valence-corrected chi connectivity index (χ3v) is 5.33. The molecular weight excluding hydrogens is 331 g/mol. The molecular formula is C22H23FOS. The highest BCUT2D eigenvalue weighted by atomic mass is 32.1. The van der Waals surface area contributed by atoms with E-state index in [2.05, 4.69) is 45.0 Å². The van der Waals surface area contributed by atoms with Crippen LogP contribution in [0.5, 0.6) is 5.75 Å². The van der Waals surface area contributed by atoms with Crippen molar-refractivity contribution >= 4 is 11.3 Å². The minimum atomic E-state index is -0.231. The molecule has 0 spiro atoms. The summed E-state index contributed by atoms with van der Waals surface area (Å²) >= 11 is 1.71. The van der Waals surface area contributed by atoms with Gasteiger partial charge in [0.2, 0.25) is 0 Å². The van der Waals surface area contributed by atoms with Gasteiger partial charge < -0.3 is 4.74 Å². The first-order chi connectivity index (χ1) is 12.1. The van der Waals surface area contributed by atoms with Crippen LogP contribution in [0.2, 0.25) is 0 Å². The molecule has 0 radical (unpaired) electrons. The van der Waals surface area contributed by atoms with Crippen LogP contribution in [0, 0.1) is 19.7 Å². The summed E-state index contributed by atoms with van der Waals surface area (Å²) in [5, 5.41) is 0. The van der Waals surface area contributed by atoms with Crippen LogP contribution in [-0.4, -0.2) is 0 Å². The molecule has 0 saturated carbocycles. The number of aryl methyl sites for hydroxylation is 3. The third-order valence-electron chi connectivity index (χ3n) is 4.30. The lowest BCUT2D eigenvalue weighted by Crippen LogP contribution is -1.99. The van der Waals surface area contributed by atoms with Gasteiger partial charge in [-0.15, -0.1) is 11.3 Å². The second-order valence-electron chi connectivity index (χ2n) is 6.34. The van der Waals surface area contributed by atoms with Crippen molar-refractivity contribution in [1.29, 1.82) is 0 Å². The van der Waals surface area contributed by atoms with Crippen molar-refractivity contribution in [2.45, 2.75) is 40.2 Å². The van der Waals surface area contributed by atoms with Crippen LogP contribution in [0.3, 0.4) is 0 Å². The maximum atomic E-state index is 13.7. The molecule has 1 heterocycles. The SMILES string of the molecule is CCCc1ccc(OCc2cc(F)ccc2-c2ccc(C)s2)cc1C. The van der Waals surface area contributed by atoms with Crippen molar-refractivity contribution in [1.82, 2.24) is 0 Å². The van der Waals surface area contributed by atoms with E-state index in [1.807, 2.05) is 12.1 Å². The average molecular weight is 354 g/mol. The predicted octanol–water partition coefficient (Wildman–Crippen LogP) is 6.70. The van der Waals surface area contributed by atoms with Crippen molar-refractivity contribution in [2.75, 3.05) is 0 Å². The van der Waals surface area contributed by atoms with Crippen molar-refractivity contribution in [3.05, 3.63) is 75.9 Å². The maximum absolute atomic E-state index is 13.7. The van der Waals surface area contributed by atoms with Crippen molar-refractivity contribution in [3.63, 3.8) is 0 Å². The molecule has 2 aromatic carbocycles. The molecule has 0 amide bonds. The van der Waals surface area contributed by atoms with E-state index in [4.69, 9.17) is 4.74 Å². The monoisotopic (exact) mass is 354 g/mol. The van der Waals surface area contributed by atoms with Crippen LogP contribution in [0.1, 0.15) is 34.9 Å². The van der Waals surface area contributed by atoms with Crippen LogP contribution in [0.15, 0.2) is 48.5 Å². The number of hydrogen-bond acceptors (Lipinski definition) is 2. The Hall–Kier alpha value is -2.13. The van der Waals surface area contributed by atoms with E-state index >= 15 is 0 Å². The van der Waals surface area contributed by atoms with Gasteiger partial charge >= 0.3 is 0 Å². The van der Waals surface area contributed by atoms with Gasteiger partial charge in [-0.1, -0.05) is 25.5 Å². The van der Waals surface area contributed by atoms with Gasteiger partial charge in [0.25, 0.3) is 0 Å². The molecule has 0 atom stereocenters. The summed E-state index contributed by atoms with van der Waals surface area (Å²) in [5.41, 5.74) is 4.51. The van der Waals surface area contributed by atoms with Gasteiger partial charge in [-0.3, -0.25) is 0 Å². The van der Waals surface area contributed by atoms with Crippen LogP contribution < -0.4 is 4.74 Å². The Morgan fingerprint density at radius 1 is 0.960 bits per heavy atom. The average Bonchev–Trinajstić information content (AvgIpc) is 3.01. The zero-order chi connectivity index (χ0) is 17.8. The molecule has 0 N–H and O–H groups in total. The summed E-state index contributed by atoms with van der Waals surface area (Å²) in [5.74, 6) is 0.597. The van der Waals surface area contributed by atoms with E-state index in [1.54, 1.807) is 17.4 Å². The molecule has 3 rings (SSSR count). The molecule has 130 valence electrons. The quantitative estimate of drug-likeness (QED) is 0.478. The second-order valence-corrected chi connectivity index (χ2v) is 7.63. The second kappa shape index (κ2) is 7.83. The lowest BCUT2D eigenvalue weighted by atomic mass is 10.0. The van der Waals surface area contributed by atoms with Gasteiger partial charge in [-0.05, 0) is 73.4 Å². The Bertz CT molecular complexity index is 866. The first-order valence-electron chi connectivity index (χ1n) is 8.64. The van der Waals surface area contributed by atoms with Gasteiger partial charge in [0.1, 0.15) is 18.2 Å². The Kier molecular flexibility index (Phi) is 5.54. The summed E-state index contributed by atoms with van der Waals surface area (Å²) in [4.78, 5) is 2.39. The topological polar surface area (TPSA) is 9.23 Å². The van der Waals surface area contributed by atoms with Crippen LogP contribution in [-0.2, 0) is 13.0 Å². The molecule has 0 aliphatic rings. The largest absolute Gasteiger partial charge is 0.489 e. The zero-order valence-corrected chi connectivity index (χ0v) is 15.8. The number of rotatable bonds is 6. The van der Waals surface area contributed by atoms with Gasteiger partial charge in [0.05, 0.1) is 0 Å². The lowest BCUT2D eigenvalue weighted by molar-refractivity contribution is 0.306. The first kappa shape index (κ1) is 17.7. The lowest BCUT2D eigenvalue weighted by Gasteiger charge is -2.12. The van der Waals surface area contributed by atoms with Crippen molar-refractivity contribution in [2.24, 2.45) is 0 Å². The minimum Gasteiger partial charge on any atom is -0.489 e. The summed E-state index contributed by atoms with van der Waals surface area (Å²) < 4.78 is 19.7. The van der Waals surface area contributed by atoms with Crippen LogP contribution >= 0.6 is 11.3 Å². The number of hydrogen-bond donors (Lipinski definition) is 0. The highest BCUT2D eigenvalue weighted by Gasteiger charge is 2.10. The highest BCUT2D eigenvalue weighted by molar-refractivity contribution is 7.15. The van der Waals surface area contributed by atoms with Crippen molar-refractivity contribution < 1.29 is 9.13 Å². The predicted molar refractivity (Wildman–Crippen MR) is 104 cm³/mol. The maximum Gasteiger partial charge on any atom is 0.123 e. The molecule has 25 heavy (non-hydrogen) atoms. The molecule has 1 aromatic heterocycles. The summed E-state index contributed by atoms with van der Waals surface area (Å²) in [6.07, 6.45) is 2.21. The number of halogens is 1. The van der Waals surface area contributed by atoms with Crippen LogP contribution in [0.4, 0.5) is 4.39 Å². The molecule has 3 aromatic rings. The van der Waals surface area contributed by atoms with Gasteiger partial charge in [-0.25, -0.2) is 4.39 Å². The van der Waals surface area contributed by atoms with E-state index in [-0.39, 0.29) is 5.82 Å². The first-order valence-corrected chi connectivity index (χ1v) is 9.46. The number of benzene rings is 2. The summed E-state index contributed by atoms with van der Waals surface area (Å²) in [7, 11) is 0. The third kappa shape index (κ3) is 4.29. The van der Waals surface area contributed by atoms with Crippen molar-refractivity contribution in [3.8, 4) is 16.2 Å². The standard InChI is InChI=1S/C22H23FOS/c1-4-5-17-7-9-20(12-15(17)2)24-14-18-13-19(23)8-10-21(18)22-11-6-16(3)25-22/h6-13H,4-5,14H2,1-3H3. The molecule has 0 aliphatic carbocycles. The Morgan fingerprint density at radius 2 is 1.80 bits per heavy atom. The van der Waals surface area contributed by atoms with E-state index in [0.717, 1.165) is 34.6 Å². The molecule has 0 aliphatic heterocycles. The zero-order valence-electron chi connectivity index (χ0n) is 14.9. The highest BCUT2D eigenvalue weighted by Crippen LogP contribution is 2.31. The smallest absolute Gasteiger partial charge is 0.123 e. The summed E-state index contributed by atoms with van der Waals surface area (Å²) in [6.45, 7) is 6.73. The van der Waals surface area contributed by atoms with E-state index in [9.17, 15) is 4.39 Å². The molecule has 0 unspecified atom stereocenters. The van der Waals surface area contributed by atoms with Gasteiger partial charge in [0.15, 0.2) is 0 Å². The van der Waals surface area contributed by atoms with Crippen LogP contribution in [0.25, 0.3) is 10.4 Å². The Labute approximate surface area is 153 Å². The molecule has 0 bridgehead atoms.